The van der Waals surface area contributed by atoms with Crippen LogP contribution in [0.2, 0.25) is 5.02 Å². The largest absolute Gasteiger partial charge is 0.466 e. The molecule has 1 atom stereocenters. The highest BCUT2D eigenvalue weighted by molar-refractivity contribution is 7.99. The van der Waals surface area contributed by atoms with Crippen LogP contribution in [0.4, 0.5) is 10.5 Å². The van der Waals surface area contributed by atoms with E-state index in [2.05, 4.69) is 5.32 Å². The van der Waals surface area contributed by atoms with Crippen LogP contribution in [0.5, 0.6) is 0 Å². The van der Waals surface area contributed by atoms with Gasteiger partial charge in [-0.3, -0.25) is 0 Å². The Kier molecular flexibility index (Phi) is 3.89. The highest BCUT2D eigenvalue weighted by Gasteiger charge is 2.32. The number of hydrogen-bond acceptors (Lipinski definition) is 3. The summed E-state index contributed by atoms with van der Waals surface area (Å²) in [7, 11) is 0. The minimum Gasteiger partial charge on any atom is -0.466 e. The summed E-state index contributed by atoms with van der Waals surface area (Å²) in [6.07, 6.45) is 1.63. The predicted octanol–water partition coefficient (Wildman–Crippen LogP) is 4.21. The third-order valence-corrected chi connectivity index (χ3v) is 4.51. The molecule has 1 fully saturated rings. The van der Waals surface area contributed by atoms with Crippen LogP contribution in [0.15, 0.2) is 47.1 Å². The molecule has 20 heavy (non-hydrogen) atoms. The van der Waals surface area contributed by atoms with E-state index in [1.807, 2.05) is 12.1 Å². The van der Waals surface area contributed by atoms with E-state index in [1.54, 1.807) is 47.2 Å². The van der Waals surface area contributed by atoms with E-state index in [0.29, 0.717) is 11.6 Å². The number of benzene rings is 1. The molecule has 1 aromatic heterocycles. The first-order valence-corrected chi connectivity index (χ1v) is 7.65. The molecular formula is C14H13ClN2O2S. The number of rotatable bonds is 2. The van der Waals surface area contributed by atoms with E-state index in [0.717, 1.165) is 17.2 Å². The van der Waals surface area contributed by atoms with Crippen LogP contribution >= 0.6 is 23.4 Å². The monoisotopic (exact) mass is 308 g/mol. The van der Waals surface area contributed by atoms with E-state index in [-0.39, 0.29) is 11.4 Å². The van der Waals surface area contributed by atoms with E-state index in [1.165, 1.54) is 0 Å². The van der Waals surface area contributed by atoms with Gasteiger partial charge in [-0.25, -0.2) is 4.79 Å². The van der Waals surface area contributed by atoms with Gasteiger partial charge in [0.05, 0.1) is 6.26 Å². The minimum atomic E-state index is -0.126. The Hall–Kier alpha value is -1.59. The standard InChI is InChI=1S/C14H13ClN2O2S/c15-10-3-5-11(6-4-10)16-14(18)17-7-9-20-13(17)12-2-1-8-19-12/h1-6,8,13H,7,9H2,(H,16,18). The lowest BCUT2D eigenvalue weighted by Crippen LogP contribution is -2.34. The lowest BCUT2D eigenvalue weighted by atomic mass is 10.3. The van der Waals surface area contributed by atoms with Crippen LogP contribution in [-0.4, -0.2) is 23.2 Å². The van der Waals surface area contributed by atoms with Crippen molar-refractivity contribution in [1.82, 2.24) is 4.90 Å². The summed E-state index contributed by atoms with van der Waals surface area (Å²) in [6, 6.07) is 10.7. The van der Waals surface area contributed by atoms with Crippen molar-refractivity contribution in [1.29, 1.82) is 0 Å². The van der Waals surface area contributed by atoms with Crippen molar-refractivity contribution in [3.05, 3.63) is 53.4 Å². The van der Waals surface area contributed by atoms with E-state index in [9.17, 15) is 4.79 Å². The third kappa shape index (κ3) is 2.78. The molecule has 1 N–H and O–H groups in total. The highest BCUT2D eigenvalue weighted by atomic mass is 35.5. The van der Waals surface area contributed by atoms with Crippen LogP contribution in [0, 0.1) is 0 Å². The maximum Gasteiger partial charge on any atom is 0.323 e. The number of carbonyl (C=O) groups is 1. The Bertz CT molecular complexity index is 586. The number of furan rings is 1. The molecule has 0 bridgehead atoms. The van der Waals surface area contributed by atoms with Crippen LogP contribution in [0.1, 0.15) is 11.1 Å². The van der Waals surface area contributed by atoms with E-state index in [4.69, 9.17) is 16.0 Å². The van der Waals surface area contributed by atoms with Crippen molar-refractivity contribution in [3.8, 4) is 0 Å². The van der Waals surface area contributed by atoms with Gasteiger partial charge in [-0.2, -0.15) is 0 Å². The van der Waals surface area contributed by atoms with Crippen molar-refractivity contribution in [3.63, 3.8) is 0 Å². The van der Waals surface area contributed by atoms with Gasteiger partial charge >= 0.3 is 6.03 Å². The zero-order chi connectivity index (χ0) is 13.9. The average Bonchev–Trinajstić information content (AvgIpc) is 3.11. The Morgan fingerprint density at radius 2 is 2.15 bits per heavy atom. The molecule has 2 heterocycles. The second-order valence-electron chi connectivity index (χ2n) is 4.37. The molecule has 2 aromatic rings. The first-order chi connectivity index (χ1) is 9.74. The zero-order valence-corrected chi connectivity index (χ0v) is 12.2. The number of amides is 2. The fourth-order valence-electron chi connectivity index (χ4n) is 2.07. The van der Waals surface area contributed by atoms with Gasteiger partial charge in [0.25, 0.3) is 0 Å². The van der Waals surface area contributed by atoms with Gasteiger partial charge in [0.1, 0.15) is 11.1 Å². The van der Waals surface area contributed by atoms with Crippen molar-refractivity contribution in [2.75, 3.05) is 17.6 Å². The Morgan fingerprint density at radius 1 is 1.35 bits per heavy atom. The van der Waals surface area contributed by atoms with E-state index < -0.39 is 0 Å². The van der Waals surface area contributed by atoms with Gasteiger partial charge < -0.3 is 14.6 Å². The summed E-state index contributed by atoms with van der Waals surface area (Å²) in [6.45, 7) is 0.704. The highest BCUT2D eigenvalue weighted by Crippen LogP contribution is 2.38. The number of urea groups is 1. The Labute approximate surface area is 126 Å². The number of carbonyl (C=O) groups excluding carboxylic acids is 1. The number of thioether (sulfide) groups is 1. The van der Waals surface area contributed by atoms with Gasteiger partial charge in [-0.15, -0.1) is 11.8 Å². The molecule has 3 rings (SSSR count). The van der Waals surface area contributed by atoms with Gasteiger partial charge in [0, 0.05) is 23.0 Å². The summed E-state index contributed by atoms with van der Waals surface area (Å²) >= 11 is 7.53. The minimum absolute atomic E-state index is 0.0581. The van der Waals surface area contributed by atoms with Crippen molar-refractivity contribution in [2.24, 2.45) is 0 Å². The number of nitrogens with zero attached hydrogens (tertiary/aromatic N) is 1. The molecule has 0 saturated carbocycles. The van der Waals surface area contributed by atoms with Crippen molar-refractivity contribution < 1.29 is 9.21 Å². The first-order valence-electron chi connectivity index (χ1n) is 6.22. The molecule has 1 unspecified atom stereocenters. The predicted molar refractivity (Wildman–Crippen MR) is 81.1 cm³/mol. The molecule has 2 amide bonds. The lowest BCUT2D eigenvalue weighted by Gasteiger charge is -2.22. The molecule has 1 aromatic carbocycles. The molecule has 104 valence electrons. The summed E-state index contributed by atoms with van der Waals surface area (Å²) in [5.41, 5.74) is 0.731. The molecule has 1 saturated heterocycles. The number of hydrogen-bond donors (Lipinski definition) is 1. The second kappa shape index (κ2) is 5.81. The maximum absolute atomic E-state index is 12.3. The molecule has 6 heteroatoms. The number of halogens is 1. The first kappa shape index (κ1) is 13.4. The Balaban J connectivity index is 1.71. The molecular weight excluding hydrogens is 296 g/mol. The van der Waals surface area contributed by atoms with E-state index >= 15 is 0 Å². The van der Waals surface area contributed by atoms with Gasteiger partial charge in [0.2, 0.25) is 0 Å². The van der Waals surface area contributed by atoms with Crippen molar-refractivity contribution >= 4 is 35.1 Å². The lowest BCUT2D eigenvalue weighted by molar-refractivity contribution is 0.210. The molecule has 0 spiro atoms. The van der Waals surface area contributed by atoms with Crippen LogP contribution in [0.25, 0.3) is 0 Å². The van der Waals surface area contributed by atoms with Gasteiger partial charge in [-0.1, -0.05) is 11.6 Å². The van der Waals surface area contributed by atoms with Crippen LogP contribution in [-0.2, 0) is 0 Å². The summed E-state index contributed by atoms with van der Waals surface area (Å²) in [5, 5.41) is 3.46. The average molecular weight is 309 g/mol. The topological polar surface area (TPSA) is 45.5 Å². The normalized spacial score (nSPS) is 18.2. The fraction of sp³-hybridized carbons (Fsp3) is 0.214. The summed E-state index contributed by atoms with van der Waals surface area (Å²) in [4.78, 5) is 14.1. The van der Waals surface area contributed by atoms with Gasteiger partial charge in [-0.05, 0) is 36.4 Å². The maximum atomic E-state index is 12.3. The number of nitrogens with one attached hydrogen (secondary N) is 1. The molecule has 0 radical (unpaired) electrons. The number of anilines is 1. The third-order valence-electron chi connectivity index (χ3n) is 3.03. The smallest absolute Gasteiger partial charge is 0.323 e. The Morgan fingerprint density at radius 3 is 2.85 bits per heavy atom. The quantitative estimate of drug-likeness (QED) is 0.903. The van der Waals surface area contributed by atoms with Gasteiger partial charge in [0.15, 0.2) is 0 Å². The zero-order valence-electron chi connectivity index (χ0n) is 10.6. The molecule has 0 aliphatic carbocycles. The molecule has 4 nitrogen and oxygen atoms in total. The second-order valence-corrected chi connectivity index (χ2v) is 5.99. The fourth-order valence-corrected chi connectivity index (χ4v) is 3.40. The molecule has 1 aliphatic rings. The van der Waals surface area contributed by atoms with Crippen LogP contribution in [0.3, 0.4) is 0 Å². The van der Waals surface area contributed by atoms with Crippen LogP contribution < -0.4 is 5.32 Å². The molecule has 1 aliphatic heterocycles. The summed E-state index contributed by atoms with van der Waals surface area (Å²) < 4.78 is 5.40. The van der Waals surface area contributed by atoms with Crippen molar-refractivity contribution in [2.45, 2.75) is 5.37 Å². The SMILES string of the molecule is O=C(Nc1ccc(Cl)cc1)N1CCSC1c1ccco1. The summed E-state index contributed by atoms with van der Waals surface area (Å²) in [5.74, 6) is 1.71.